The number of nitrogens with two attached hydrogens (primary N) is 1. The molecule has 3 N–H and O–H groups in total. The summed E-state index contributed by atoms with van der Waals surface area (Å²) >= 11 is 0. The first-order valence-corrected chi connectivity index (χ1v) is 16.3. The highest BCUT2D eigenvalue weighted by atomic mass is 16.5. The molecule has 3 amide bonds. The van der Waals surface area contributed by atoms with E-state index >= 15 is 0 Å². The third-order valence-corrected chi connectivity index (χ3v) is 9.12. The van der Waals surface area contributed by atoms with Crippen LogP contribution in [0.5, 0.6) is 5.75 Å². The normalized spacial score (nSPS) is 16.9. The van der Waals surface area contributed by atoms with Crippen LogP contribution in [0.1, 0.15) is 42.4 Å². The topological polar surface area (TPSA) is 114 Å². The monoisotopic (exact) mass is 640 g/mol. The van der Waals surface area contributed by atoms with Crippen LogP contribution in [0.3, 0.4) is 0 Å². The number of allylic oxidation sites excluding steroid dienone is 1. The summed E-state index contributed by atoms with van der Waals surface area (Å²) in [7, 11) is 1.64. The molecule has 1 saturated carbocycles. The molecule has 3 unspecified atom stereocenters. The summed E-state index contributed by atoms with van der Waals surface area (Å²) in [6.07, 6.45) is 3.18. The van der Waals surface area contributed by atoms with Crippen LogP contribution in [0.4, 0.5) is 5.69 Å². The molecule has 1 aliphatic carbocycles. The number of anilines is 1. The molecule has 0 aromatic heterocycles. The number of benzene rings is 4. The fraction of sp³-hybridized carbons (Fsp3) is 0.250. The Morgan fingerprint density at radius 1 is 0.938 bits per heavy atom. The predicted molar refractivity (Wildman–Crippen MR) is 188 cm³/mol. The van der Waals surface area contributed by atoms with Crippen molar-refractivity contribution in [3.05, 3.63) is 132 Å². The minimum absolute atomic E-state index is 0.246. The summed E-state index contributed by atoms with van der Waals surface area (Å²) in [6.45, 7) is 4.03. The van der Waals surface area contributed by atoms with Gasteiger partial charge in [0.05, 0.1) is 36.9 Å². The first-order chi connectivity index (χ1) is 23.4. The van der Waals surface area contributed by atoms with Gasteiger partial charge in [0, 0.05) is 11.1 Å². The van der Waals surface area contributed by atoms with Gasteiger partial charge in [0.15, 0.2) is 0 Å². The van der Waals surface area contributed by atoms with E-state index in [2.05, 4.69) is 18.0 Å². The van der Waals surface area contributed by atoms with E-state index in [1.807, 2.05) is 97.1 Å². The molecule has 4 aromatic carbocycles. The van der Waals surface area contributed by atoms with Gasteiger partial charge in [0.1, 0.15) is 5.75 Å². The zero-order valence-electron chi connectivity index (χ0n) is 27.0. The number of benzodiazepines with no additional fused rings is 1. The van der Waals surface area contributed by atoms with E-state index in [0.717, 1.165) is 46.4 Å². The number of fused-ring (bicyclic) bond motifs is 1. The number of amides is 3. The second-order valence-electron chi connectivity index (χ2n) is 12.4. The van der Waals surface area contributed by atoms with Gasteiger partial charge in [0.2, 0.25) is 18.0 Å². The van der Waals surface area contributed by atoms with Gasteiger partial charge in [-0.3, -0.25) is 14.4 Å². The molecule has 0 spiro atoms. The minimum atomic E-state index is -1.23. The maximum atomic E-state index is 14.6. The number of ether oxygens (including phenoxy) is 1. The van der Waals surface area contributed by atoms with Gasteiger partial charge in [0.25, 0.3) is 5.91 Å². The van der Waals surface area contributed by atoms with Crippen molar-refractivity contribution >= 4 is 29.1 Å². The average molecular weight is 641 g/mol. The summed E-state index contributed by atoms with van der Waals surface area (Å²) in [6, 6.07) is 33.2. The number of nitrogens with one attached hydrogen (secondary N) is 1. The Morgan fingerprint density at radius 2 is 1.65 bits per heavy atom. The standard InChI is InChI=1S/C40H40N4O4/c1-3-10-32(37(41)45)34(24-26-17-18-26)39(46)43-38-40(47)44(25-27-11-9-14-30(23-27)28-19-21-31(48-2)22-20-28)35-16-8-7-15-33(35)36(42-38)29-12-5-4-6-13-29/h3-9,11-16,19-23,26,32,34,38H,1,10,17-18,24-25H2,2H3,(H2,41,45)(H,43,46). The van der Waals surface area contributed by atoms with Crippen molar-refractivity contribution in [1.82, 2.24) is 5.32 Å². The Hall–Kier alpha value is -5.50. The van der Waals surface area contributed by atoms with Crippen LogP contribution in [0.25, 0.3) is 11.1 Å². The second-order valence-corrected chi connectivity index (χ2v) is 12.4. The van der Waals surface area contributed by atoms with Gasteiger partial charge in [-0.15, -0.1) is 6.58 Å². The summed E-state index contributed by atoms with van der Waals surface area (Å²) in [5.41, 5.74) is 11.6. The maximum Gasteiger partial charge on any atom is 0.272 e. The Balaban J connectivity index is 1.39. The molecule has 0 saturated heterocycles. The highest BCUT2D eigenvalue weighted by Gasteiger charge is 2.40. The van der Waals surface area contributed by atoms with Gasteiger partial charge in [-0.05, 0) is 59.7 Å². The number of aliphatic imine (C=N–C) groups is 1. The van der Waals surface area contributed by atoms with E-state index in [1.54, 1.807) is 18.1 Å². The summed E-state index contributed by atoms with van der Waals surface area (Å²) in [5, 5.41) is 2.96. The van der Waals surface area contributed by atoms with Crippen molar-refractivity contribution in [2.75, 3.05) is 12.0 Å². The van der Waals surface area contributed by atoms with E-state index in [1.165, 1.54) is 0 Å². The fourth-order valence-corrected chi connectivity index (χ4v) is 6.39. The molecule has 244 valence electrons. The predicted octanol–water partition coefficient (Wildman–Crippen LogP) is 6.28. The van der Waals surface area contributed by atoms with Gasteiger partial charge < -0.3 is 20.7 Å². The Bertz CT molecular complexity index is 1830. The zero-order chi connectivity index (χ0) is 33.6. The number of carbonyl (C=O) groups excluding carboxylic acids is 3. The van der Waals surface area contributed by atoms with Gasteiger partial charge >= 0.3 is 0 Å². The molecule has 48 heavy (non-hydrogen) atoms. The molecular formula is C40H40N4O4. The lowest BCUT2D eigenvalue weighted by molar-refractivity contribution is -0.135. The number of rotatable bonds is 13. The molecule has 0 bridgehead atoms. The summed E-state index contributed by atoms with van der Waals surface area (Å²) in [5.74, 6) is -1.64. The van der Waals surface area contributed by atoms with E-state index in [0.29, 0.717) is 23.7 Å². The van der Waals surface area contributed by atoms with Crippen LogP contribution in [0.15, 0.2) is 121 Å². The van der Waals surface area contributed by atoms with E-state index in [4.69, 9.17) is 15.5 Å². The molecule has 3 atom stereocenters. The Labute approximate surface area is 281 Å². The maximum absolute atomic E-state index is 14.6. The quantitative estimate of drug-likeness (QED) is 0.167. The van der Waals surface area contributed by atoms with Crippen LogP contribution >= 0.6 is 0 Å². The number of hydrogen-bond donors (Lipinski definition) is 2. The molecule has 0 radical (unpaired) electrons. The van der Waals surface area contributed by atoms with E-state index in [9.17, 15) is 14.4 Å². The minimum Gasteiger partial charge on any atom is -0.497 e. The number of methoxy groups -OCH3 is 1. The third-order valence-electron chi connectivity index (χ3n) is 9.12. The molecule has 1 heterocycles. The van der Waals surface area contributed by atoms with Crippen LogP contribution in [-0.4, -0.2) is 36.7 Å². The summed E-state index contributed by atoms with van der Waals surface area (Å²) in [4.78, 5) is 47.9. The lowest BCUT2D eigenvalue weighted by Crippen LogP contribution is -2.50. The number of carbonyl (C=O) groups is 3. The van der Waals surface area contributed by atoms with Crippen molar-refractivity contribution in [3.8, 4) is 16.9 Å². The van der Waals surface area contributed by atoms with Gasteiger partial charge in [-0.25, -0.2) is 4.99 Å². The van der Waals surface area contributed by atoms with Crippen molar-refractivity contribution < 1.29 is 19.1 Å². The number of primary amides is 1. The molecule has 1 fully saturated rings. The molecule has 8 nitrogen and oxygen atoms in total. The SMILES string of the molecule is C=CCC(C(N)=O)C(CC1CC1)C(=O)NC1N=C(c2ccccc2)c2ccccc2N(Cc2cccc(-c3ccc(OC)cc3)c2)C1=O. The largest absolute Gasteiger partial charge is 0.497 e. The van der Waals surface area contributed by atoms with E-state index in [-0.39, 0.29) is 18.9 Å². The first-order valence-electron chi connectivity index (χ1n) is 16.3. The molecular weight excluding hydrogens is 600 g/mol. The van der Waals surface area contributed by atoms with Crippen molar-refractivity contribution in [1.29, 1.82) is 0 Å². The molecule has 4 aromatic rings. The first kappa shape index (κ1) is 32.4. The number of hydrogen-bond acceptors (Lipinski definition) is 5. The van der Waals surface area contributed by atoms with Crippen LogP contribution in [0.2, 0.25) is 0 Å². The lowest BCUT2D eigenvalue weighted by atomic mass is 9.84. The van der Waals surface area contributed by atoms with Crippen LogP contribution < -0.4 is 20.7 Å². The molecule has 1 aliphatic heterocycles. The van der Waals surface area contributed by atoms with Crippen LogP contribution in [-0.2, 0) is 20.9 Å². The summed E-state index contributed by atoms with van der Waals surface area (Å²) < 4.78 is 5.33. The molecule has 6 rings (SSSR count). The third kappa shape index (κ3) is 7.23. The number of para-hydroxylation sites is 1. The van der Waals surface area contributed by atoms with Crippen LogP contribution in [0, 0.1) is 17.8 Å². The number of nitrogens with zero attached hydrogens (tertiary/aromatic N) is 2. The van der Waals surface area contributed by atoms with Crippen molar-refractivity contribution in [2.24, 2.45) is 28.5 Å². The lowest BCUT2D eigenvalue weighted by Gasteiger charge is -2.28. The van der Waals surface area contributed by atoms with Gasteiger partial charge in [-0.2, -0.15) is 0 Å². The fourth-order valence-electron chi connectivity index (χ4n) is 6.39. The van der Waals surface area contributed by atoms with E-state index < -0.39 is 29.8 Å². The van der Waals surface area contributed by atoms with Crippen molar-refractivity contribution in [2.45, 2.75) is 38.4 Å². The zero-order valence-corrected chi connectivity index (χ0v) is 27.0. The Kier molecular flexibility index (Phi) is 9.80. The van der Waals surface area contributed by atoms with Crippen molar-refractivity contribution in [3.63, 3.8) is 0 Å². The highest BCUT2D eigenvalue weighted by molar-refractivity contribution is 6.20. The molecule has 2 aliphatic rings. The Morgan fingerprint density at radius 3 is 2.33 bits per heavy atom. The van der Waals surface area contributed by atoms with Gasteiger partial charge in [-0.1, -0.05) is 97.8 Å². The smallest absolute Gasteiger partial charge is 0.272 e. The molecule has 8 heteroatoms. The highest BCUT2D eigenvalue weighted by Crippen LogP contribution is 2.39. The second kappa shape index (κ2) is 14.5. The average Bonchev–Trinajstić information content (AvgIpc) is 3.95.